The third-order valence-electron chi connectivity index (χ3n) is 9.11. The van der Waals surface area contributed by atoms with Gasteiger partial charge in [-0.1, -0.05) is 140 Å². The van der Waals surface area contributed by atoms with Crippen LogP contribution in [-0.4, -0.2) is 0 Å². The van der Waals surface area contributed by atoms with E-state index in [1.165, 1.54) is 60.3 Å². The van der Waals surface area contributed by atoms with Gasteiger partial charge in [-0.2, -0.15) is 0 Å². The van der Waals surface area contributed by atoms with Gasteiger partial charge in [0.2, 0.25) is 0 Å². The first-order valence-electron chi connectivity index (χ1n) is 15.6. The summed E-state index contributed by atoms with van der Waals surface area (Å²) in [5.41, 5.74) is 10.3. The fraction of sp³-hybridized carbons (Fsp3) is 0.0233. The molecule has 0 aliphatic rings. The van der Waals surface area contributed by atoms with E-state index in [4.69, 9.17) is 5.79 Å². The zero-order valence-electron chi connectivity index (χ0n) is 25.3. The van der Waals surface area contributed by atoms with Crippen LogP contribution in [-0.2, 0) is 0 Å². The minimum atomic E-state index is 0.534. The Kier molecular flexibility index (Phi) is 5.25. The number of furan rings is 1. The average molecular weight is 562 g/mol. The van der Waals surface area contributed by atoms with E-state index in [0.717, 1.165) is 32.9 Å². The van der Waals surface area contributed by atoms with Gasteiger partial charge >= 0.3 is 0 Å². The van der Waals surface area contributed by atoms with E-state index in [0.29, 0.717) is 6.04 Å². The molecule has 1 nitrogen and oxygen atoms in total. The van der Waals surface area contributed by atoms with Crippen molar-refractivity contribution < 1.29 is 5.79 Å². The summed E-state index contributed by atoms with van der Waals surface area (Å²) in [7, 11) is 0. The van der Waals surface area contributed by atoms with Crippen LogP contribution in [0.5, 0.6) is 0 Å². The normalized spacial score (nSPS) is 12.1. The highest BCUT2D eigenvalue weighted by Crippen LogP contribution is 2.45. The Labute approximate surface area is 257 Å². The van der Waals surface area contributed by atoms with E-state index >= 15 is 0 Å². The van der Waals surface area contributed by atoms with Crippen LogP contribution in [0.1, 0.15) is 6.93 Å². The molecule has 44 heavy (non-hydrogen) atoms. The van der Waals surface area contributed by atoms with Gasteiger partial charge in [-0.25, -0.2) is 0 Å². The molecule has 0 aliphatic carbocycles. The Morgan fingerprint density at radius 3 is 1.82 bits per heavy atom. The van der Waals surface area contributed by atoms with Crippen molar-refractivity contribution in [1.82, 2.24) is 0 Å². The smallest absolute Gasteiger partial charge is 0.138 e. The summed E-state index contributed by atoms with van der Waals surface area (Å²) in [6.07, 6.45) is 0. The molecule has 1 aromatic heterocycles. The second kappa shape index (κ2) is 9.69. The first-order valence-corrected chi connectivity index (χ1v) is 15.1. The van der Waals surface area contributed by atoms with Gasteiger partial charge in [0.05, 0.1) is 1.37 Å². The van der Waals surface area contributed by atoms with Gasteiger partial charge in [-0.05, 0) is 90.3 Å². The van der Waals surface area contributed by atoms with E-state index < -0.39 is 0 Å². The summed E-state index contributed by atoms with van der Waals surface area (Å²) in [6.45, 7) is 2.10. The predicted octanol–water partition coefficient (Wildman–Crippen LogP) is 12.4. The SMILES string of the molecule is [2H]c1ccc2cc(-c3c4ccccc4c(-c4ccc(-c5cccc6oc7c(C)cccc7c56)cc4)c4ccccc34)ccc2c1. The molecular formula is C43H28O. The maximum Gasteiger partial charge on any atom is 0.138 e. The van der Waals surface area contributed by atoms with Crippen molar-refractivity contribution >= 4 is 54.3 Å². The van der Waals surface area contributed by atoms with E-state index in [9.17, 15) is 0 Å². The van der Waals surface area contributed by atoms with Crippen molar-refractivity contribution in [1.29, 1.82) is 0 Å². The van der Waals surface area contributed by atoms with Crippen LogP contribution in [0.25, 0.3) is 87.6 Å². The van der Waals surface area contributed by atoms with Crippen molar-refractivity contribution in [3.05, 3.63) is 157 Å². The summed E-state index contributed by atoms with van der Waals surface area (Å²) < 4.78 is 14.3. The molecule has 1 heterocycles. The summed E-state index contributed by atoms with van der Waals surface area (Å²) in [5, 5.41) is 9.49. The molecule has 9 aromatic rings. The van der Waals surface area contributed by atoms with Crippen LogP contribution in [0.2, 0.25) is 0 Å². The van der Waals surface area contributed by atoms with Crippen LogP contribution < -0.4 is 0 Å². The number of benzene rings is 8. The van der Waals surface area contributed by atoms with E-state index in [-0.39, 0.29) is 0 Å². The van der Waals surface area contributed by atoms with Crippen molar-refractivity contribution in [2.45, 2.75) is 6.92 Å². The zero-order valence-corrected chi connectivity index (χ0v) is 24.3. The molecule has 0 fully saturated rings. The minimum Gasteiger partial charge on any atom is -0.456 e. The van der Waals surface area contributed by atoms with Crippen molar-refractivity contribution in [2.24, 2.45) is 0 Å². The maximum atomic E-state index is 8.04. The molecule has 0 aliphatic heterocycles. The third kappa shape index (κ3) is 3.73. The monoisotopic (exact) mass is 561 g/mol. The molecule has 0 radical (unpaired) electrons. The Bertz CT molecular complexity index is 2550. The Hall–Kier alpha value is -5.66. The quantitative estimate of drug-likeness (QED) is 0.196. The maximum absolute atomic E-state index is 8.04. The minimum absolute atomic E-state index is 0.534. The molecule has 0 spiro atoms. The zero-order chi connectivity index (χ0) is 30.1. The molecule has 0 unspecified atom stereocenters. The summed E-state index contributed by atoms with van der Waals surface area (Å²) in [6, 6.07) is 52.3. The predicted molar refractivity (Wildman–Crippen MR) is 187 cm³/mol. The van der Waals surface area contributed by atoms with Crippen LogP contribution in [0, 0.1) is 6.92 Å². The van der Waals surface area contributed by atoms with Gasteiger partial charge < -0.3 is 4.42 Å². The molecule has 1 heteroatoms. The third-order valence-corrected chi connectivity index (χ3v) is 9.11. The number of aryl methyl sites for hydroxylation is 1. The van der Waals surface area contributed by atoms with E-state index in [1.54, 1.807) is 0 Å². The van der Waals surface area contributed by atoms with Gasteiger partial charge in [0.1, 0.15) is 11.2 Å². The lowest BCUT2D eigenvalue weighted by Crippen LogP contribution is -1.91. The Balaban J connectivity index is 1.25. The van der Waals surface area contributed by atoms with Gasteiger partial charge in [-0.3, -0.25) is 0 Å². The number of para-hydroxylation sites is 1. The molecule has 0 N–H and O–H groups in total. The van der Waals surface area contributed by atoms with Crippen LogP contribution >= 0.6 is 0 Å². The topological polar surface area (TPSA) is 13.1 Å². The Morgan fingerprint density at radius 1 is 0.477 bits per heavy atom. The van der Waals surface area contributed by atoms with Crippen molar-refractivity contribution in [3.63, 3.8) is 0 Å². The van der Waals surface area contributed by atoms with E-state index in [1.807, 2.05) is 12.1 Å². The molecule has 0 saturated carbocycles. The highest BCUT2D eigenvalue weighted by molar-refractivity contribution is 6.22. The lowest BCUT2D eigenvalue weighted by molar-refractivity contribution is 0.666. The molecule has 0 atom stereocenters. The first kappa shape index (κ1) is 23.9. The van der Waals surface area contributed by atoms with Crippen LogP contribution in [0.15, 0.2) is 156 Å². The van der Waals surface area contributed by atoms with Gasteiger partial charge in [0.25, 0.3) is 0 Å². The van der Waals surface area contributed by atoms with Crippen LogP contribution in [0.3, 0.4) is 0 Å². The summed E-state index contributed by atoms with van der Waals surface area (Å²) in [4.78, 5) is 0. The largest absolute Gasteiger partial charge is 0.456 e. The van der Waals surface area contributed by atoms with Crippen LogP contribution in [0.4, 0.5) is 0 Å². The second-order valence-corrected chi connectivity index (χ2v) is 11.6. The van der Waals surface area contributed by atoms with Crippen molar-refractivity contribution in [2.75, 3.05) is 0 Å². The molecule has 0 amide bonds. The molecular weight excluding hydrogens is 532 g/mol. The van der Waals surface area contributed by atoms with E-state index in [2.05, 4.69) is 140 Å². The molecule has 0 saturated heterocycles. The highest BCUT2D eigenvalue weighted by atomic mass is 16.3. The second-order valence-electron chi connectivity index (χ2n) is 11.6. The first-order chi connectivity index (χ1) is 22.1. The van der Waals surface area contributed by atoms with Gasteiger partial charge in [0.15, 0.2) is 0 Å². The fourth-order valence-corrected chi connectivity index (χ4v) is 7.08. The van der Waals surface area contributed by atoms with Gasteiger partial charge in [0, 0.05) is 10.8 Å². The summed E-state index contributed by atoms with van der Waals surface area (Å²) in [5.74, 6) is 0. The number of fused-ring (bicyclic) bond motifs is 6. The fourth-order valence-electron chi connectivity index (χ4n) is 7.08. The lowest BCUT2D eigenvalue weighted by Gasteiger charge is -2.18. The van der Waals surface area contributed by atoms with Crippen molar-refractivity contribution in [3.8, 4) is 33.4 Å². The standard InChI is InChI=1S/C43H28O/c1-27-10-8-18-38-42-33(17-9-19-39(42)44-43(27)38)29-21-23-30(24-22-29)40-34-13-4-6-15-36(34)41(37-16-7-5-14-35(37)40)32-25-20-28-11-2-3-12-31(28)26-32/h2-26H,1H3/i2D. The number of rotatable bonds is 3. The number of hydrogen-bond acceptors (Lipinski definition) is 1. The molecule has 8 aromatic carbocycles. The Morgan fingerprint density at radius 2 is 1.09 bits per heavy atom. The molecule has 206 valence electrons. The lowest BCUT2D eigenvalue weighted by atomic mass is 9.85. The van der Waals surface area contributed by atoms with Gasteiger partial charge in [-0.15, -0.1) is 0 Å². The average Bonchev–Trinajstić information content (AvgIpc) is 3.47. The molecule has 9 rings (SSSR count). The molecule has 0 bridgehead atoms. The highest BCUT2D eigenvalue weighted by Gasteiger charge is 2.18. The number of hydrogen-bond donors (Lipinski definition) is 0. The summed E-state index contributed by atoms with van der Waals surface area (Å²) >= 11 is 0.